The maximum atomic E-state index is 10.3. The molecule has 0 amide bonds. The molecule has 0 spiro atoms. The lowest BCUT2D eigenvalue weighted by Crippen LogP contribution is -2.33. The minimum Gasteiger partial charge on any atom is -0.481 e. The van der Waals surface area contributed by atoms with Gasteiger partial charge in [-0.05, 0) is 44.7 Å². The zero-order valence-corrected chi connectivity index (χ0v) is 10.5. The summed E-state index contributed by atoms with van der Waals surface area (Å²) in [4.78, 5) is 12.9. The third-order valence-electron chi connectivity index (χ3n) is 3.55. The lowest BCUT2D eigenvalue weighted by Gasteiger charge is -2.31. The standard InChI is InChI=1S/C13H25NO2/c1-2-14(11-12-7-6-8-12)10-5-3-4-9-13(15)16/h12H,2-11H2,1H3,(H,15,16). The molecule has 1 rings (SSSR count). The monoisotopic (exact) mass is 227 g/mol. The van der Waals surface area contributed by atoms with Crippen LogP contribution in [-0.4, -0.2) is 35.6 Å². The van der Waals surface area contributed by atoms with Gasteiger partial charge in [0.25, 0.3) is 0 Å². The summed E-state index contributed by atoms with van der Waals surface area (Å²) in [7, 11) is 0. The molecule has 1 fully saturated rings. The lowest BCUT2D eigenvalue weighted by atomic mass is 9.85. The molecule has 0 unspecified atom stereocenters. The molecule has 3 nitrogen and oxygen atoms in total. The summed E-state index contributed by atoms with van der Waals surface area (Å²) in [6.07, 6.45) is 7.60. The van der Waals surface area contributed by atoms with E-state index in [2.05, 4.69) is 11.8 Å². The third-order valence-corrected chi connectivity index (χ3v) is 3.55. The van der Waals surface area contributed by atoms with E-state index in [-0.39, 0.29) is 0 Å². The molecule has 0 aliphatic heterocycles. The molecule has 0 aromatic heterocycles. The molecule has 94 valence electrons. The predicted octanol–water partition coefficient (Wildman–Crippen LogP) is 2.75. The van der Waals surface area contributed by atoms with Crippen molar-refractivity contribution in [1.29, 1.82) is 0 Å². The third kappa shape index (κ3) is 5.50. The molecule has 0 atom stereocenters. The van der Waals surface area contributed by atoms with Crippen LogP contribution in [0.4, 0.5) is 0 Å². The molecule has 0 radical (unpaired) electrons. The zero-order valence-electron chi connectivity index (χ0n) is 10.5. The number of carbonyl (C=O) groups is 1. The van der Waals surface area contributed by atoms with E-state index >= 15 is 0 Å². The van der Waals surface area contributed by atoms with Crippen molar-refractivity contribution in [3.63, 3.8) is 0 Å². The van der Waals surface area contributed by atoms with Gasteiger partial charge in [-0.15, -0.1) is 0 Å². The minimum absolute atomic E-state index is 0.328. The van der Waals surface area contributed by atoms with Gasteiger partial charge in [0.05, 0.1) is 0 Å². The van der Waals surface area contributed by atoms with Gasteiger partial charge in [-0.2, -0.15) is 0 Å². The summed E-state index contributed by atoms with van der Waals surface area (Å²) in [5.41, 5.74) is 0. The number of aliphatic carboxylic acids is 1. The fourth-order valence-electron chi connectivity index (χ4n) is 2.21. The number of hydrogen-bond donors (Lipinski definition) is 1. The van der Waals surface area contributed by atoms with Crippen LogP contribution in [0.3, 0.4) is 0 Å². The van der Waals surface area contributed by atoms with Gasteiger partial charge in [0.2, 0.25) is 0 Å². The first kappa shape index (κ1) is 13.5. The van der Waals surface area contributed by atoms with E-state index in [9.17, 15) is 4.79 Å². The van der Waals surface area contributed by atoms with Crippen molar-refractivity contribution < 1.29 is 9.90 Å². The fraction of sp³-hybridized carbons (Fsp3) is 0.923. The van der Waals surface area contributed by atoms with Crippen molar-refractivity contribution in [2.24, 2.45) is 5.92 Å². The second kappa shape index (κ2) is 7.66. The summed E-state index contributed by atoms with van der Waals surface area (Å²) in [6.45, 7) is 5.76. The summed E-state index contributed by atoms with van der Waals surface area (Å²) < 4.78 is 0. The highest BCUT2D eigenvalue weighted by Crippen LogP contribution is 2.27. The summed E-state index contributed by atoms with van der Waals surface area (Å²) in [6, 6.07) is 0. The van der Waals surface area contributed by atoms with Crippen molar-refractivity contribution in [2.45, 2.75) is 51.9 Å². The van der Waals surface area contributed by atoms with Crippen LogP contribution in [0.1, 0.15) is 51.9 Å². The molecule has 0 bridgehead atoms. The van der Waals surface area contributed by atoms with Crippen molar-refractivity contribution in [2.75, 3.05) is 19.6 Å². The molecule has 0 heterocycles. The fourth-order valence-corrected chi connectivity index (χ4v) is 2.21. The number of unbranched alkanes of at least 4 members (excludes halogenated alkanes) is 2. The first-order valence-corrected chi connectivity index (χ1v) is 6.66. The second-order valence-corrected chi connectivity index (χ2v) is 4.89. The largest absolute Gasteiger partial charge is 0.481 e. The van der Waals surface area contributed by atoms with Crippen LogP contribution in [0.2, 0.25) is 0 Å². The Labute approximate surface area is 98.8 Å². The van der Waals surface area contributed by atoms with Crippen LogP contribution < -0.4 is 0 Å². The number of carboxylic acids is 1. The van der Waals surface area contributed by atoms with E-state index in [1.165, 1.54) is 25.8 Å². The Hall–Kier alpha value is -0.570. The van der Waals surface area contributed by atoms with Crippen LogP contribution in [-0.2, 0) is 4.79 Å². The average Bonchev–Trinajstić information content (AvgIpc) is 2.19. The summed E-state index contributed by atoms with van der Waals surface area (Å²) >= 11 is 0. The van der Waals surface area contributed by atoms with E-state index in [1.807, 2.05) is 0 Å². The normalized spacial score (nSPS) is 16.4. The van der Waals surface area contributed by atoms with Gasteiger partial charge < -0.3 is 10.0 Å². The van der Waals surface area contributed by atoms with Gasteiger partial charge in [-0.3, -0.25) is 4.79 Å². The summed E-state index contributed by atoms with van der Waals surface area (Å²) in [5, 5.41) is 8.52. The molecule has 0 saturated heterocycles. The molecule has 1 aliphatic carbocycles. The van der Waals surface area contributed by atoms with Crippen molar-refractivity contribution >= 4 is 5.97 Å². The van der Waals surface area contributed by atoms with Crippen molar-refractivity contribution in [3.05, 3.63) is 0 Å². The van der Waals surface area contributed by atoms with Gasteiger partial charge in [-0.25, -0.2) is 0 Å². The maximum absolute atomic E-state index is 10.3. The molecule has 3 heteroatoms. The van der Waals surface area contributed by atoms with Gasteiger partial charge in [-0.1, -0.05) is 19.8 Å². The first-order chi connectivity index (χ1) is 7.72. The van der Waals surface area contributed by atoms with E-state index in [4.69, 9.17) is 5.11 Å². The van der Waals surface area contributed by atoms with Crippen LogP contribution in [0.25, 0.3) is 0 Å². The smallest absolute Gasteiger partial charge is 0.303 e. The second-order valence-electron chi connectivity index (χ2n) is 4.89. The first-order valence-electron chi connectivity index (χ1n) is 6.66. The highest BCUT2D eigenvalue weighted by molar-refractivity contribution is 5.66. The number of hydrogen-bond acceptors (Lipinski definition) is 2. The van der Waals surface area contributed by atoms with Crippen LogP contribution in [0.15, 0.2) is 0 Å². The minimum atomic E-state index is -0.665. The van der Waals surface area contributed by atoms with E-state index in [0.717, 1.165) is 38.3 Å². The highest BCUT2D eigenvalue weighted by Gasteiger charge is 2.19. The topological polar surface area (TPSA) is 40.5 Å². The molecular formula is C13H25NO2. The molecule has 1 aliphatic rings. The van der Waals surface area contributed by atoms with Crippen LogP contribution >= 0.6 is 0 Å². The van der Waals surface area contributed by atoms with Gasteiger partial charge in [0.15, 0.2) is 0 Å². The molecule has 1 N–H and O–H groups in total. The highest BCUT2D eigenvalue weighted by atomic mass is 16.4. The Morgan fingerprint density at radius 1 is 1.31 bits per heavy atom. The Morgan fingerprint density at radius 2 is 2.06 bits per heavy atom. The number of carboxylic acid groups (broad SMARTS) is 1. The van der Waals surface area contributed by atoms with Crippen molar-refractivity contribution in [1.82, 2.24) is 4.90 Å². The summed E-state index contributed by atoms with van der Waals surface area (Å²) in [5.74, 6) is 0.279. The number of rotatable bonds is 9. The van der Waals surface area contributed by atoms with E-state index in [0.29, 0.717) is 6.42 Å². The molecule has 0 aromatic rings. The van der Waals surface area contributed by atoms with Crippen LogP contribution in [0, 0.1) is 5.92 Å². The SMILES string of the molecule is CCN(CCCCCC(=O)O)CC1CCC1. The van der Waals surface area contributed by atoms with Gasteiger partial charge >= 0.3 is 5.97 Å². The van der Waals surface area contributed by atoms with E-state index in [1.54, 1.807) is 0 Å². The zero-order chi connectivity index (χ0) is 11.8. The molecule has 1 saturated carbocycles. The average molecular weight is 227 g/mol. The van der Waals surface area contributed by atoms with Crippen LogP contribution in [0.5, 0.6) is 0 Å². The predicted molar refractivity (Wildman–Crippen MR) is 65.6 cm³/mol. The Bertz CT molecular complexity index is 202. The quantitative estimate of drug-likeness (QED) is 0.616. The number of nitrogens with zero attached hydrogens (tertiary/aromatic N) is 1. The molecule has 16 heavy (non-hydrogen) atoms. The maximum Gasteiger partial charge on any atom is 0.303 e. The van der Waals surface area contributed by atoms with Crippen molar-refractivity contribution in [3.8, 4) is 0 Å². The molecule has 0 aromatic carbocycles. The Morgan fingerprint density at radius 3 is 2.56 bits per heavy atom. The Kier molecular flexibility index (Phi) is 6.46. The molecular weight excluding hydrogens is 202 g/mol. The van der Waals surface area contributed by atoms with Gasteiger partial charge in [0.1, 0.15) is 0 Å². The van der Waals surface area contributed by atoms with E-state index < -0.39 is 5.97 Å². The Balaban J connectivity index is 1.97. The van der Waals surface area contributed by atoms with Gasteiger partial charge in [0, 0.05) is 13.0 Å². The lowest BCUT2D eigenvalue weighted by molar-refractivity contribution is -0.137.